The van der Waals surface area contributed by atoms with E-state index in [1.807, 2.05) is 0 Å². The van der Waals surface area contributed by atoms with Crippen molar-refractivity contribution in [3.63, 3.8) is 0 Å². The van der Waals surface area contributed by atoms with Crippen molar-refractivity contribution in [1.29, 1.82) is 0 Å². The van der Waals surface area contributed by atoms with Crippen LogP contribution in [0.25, 0.3) is 0 Å². The number of anilines is 1. The van der Waals surface area contributed by atoms with Gasteiger partial charge < -0.3 is 20.1 Å². The molecule has 7 heteroatoms. The fourth-order valence-electron chi connectivity index (χ4n) is 2.38. The molecule has 1 saturated heterocycles. The Morgan fingerprint density at radius 2 is 1.83 bits per heavy atom. The van der Waals surface area contributed by atoms with Crippen LogP contribution in [0.5, 0.6) is 0 Å². The second-order valence-corrected chi connectivity index (χ2v) is 5.45. The molecule has 0 spiro atoms. The van der Waals surface area contributed by atoms with Crippen LogP contribution in [-0.2, 0) is 19.1 Å². The lowest BCUT2D eigenvalue weighted by Gasteiger charge is -2.21. The zero-order valence-electron chi connectivity index (χ0n) is 13.7. The zero-order chi connectivity index (χ0) is 17.4. The Kier molecular flexibility index (Phi) is 6.74. The average molecular weight is 334 g/mol. The molecule has 1 aromatic carbocycles. The fourth-order valence-corrected chi connectivity index (χ4v) is 2.38. The Labute approximate surface area is 140 Å². The van der Waals surface area contributed by atoms with Crippen LogP contribution >= 0.6 is 0 Å². The van der Waals surface area contributed by atoms with E-state index in [1.54, 1.807) is 31.2 Å². The second-order valence-electron chi connectivity index (χ2n) is 5.45. The summed E-state index contributed by atoms with van der Waals surface area (Å²) in [5, 5.41) is 5.31. The molecular weight excluding hydrogens is 312 g/mol. The van der Waals surface area contributed by atoms with Crippen LogP contribution in [0.1, 0.15) is 30.1 Å². The Hall–Kier alpha value is -2.41. The number of esters is 1. The van der Waals surface area contributed by atoms with E-state index in [4.69, 9.17) is 9.47 Å². The van der Waals surface area contributed by atoms with Gasteiger partial charge in [0, 0.05) is 24.8 Å². The highest BCUT2D eigenvalue weighted by molar-refractivity contribution is 5.95. The summed E-state index contributed by atoms with van der Waals surface area (Å²) in [6.07, 6.45) is 1.37. The van der Waals surface area contributed by atoms with E-state index in [0.717, 1.165) is 0 Å². The van der Waals surface area contributed by atoms with Crippen molar-refractivity contribution in [2.45, 2.75) is 19.8 Å². The van der Waals surface area contributed by atoms with Crippen molar-refractivity contribution >= 4 is 23.5 Å². The standard InChI is InChI=1S/C17H22N2O5/c1-2-24-17(22)13-3-5-14(6-4-13)19-15(20)11-18-16(21)12-7-9-23-10-8-12/h3-6,12H,2,7-11H2,1H3,(H,18,21)(H,19,20). The first-order valence-electron chi connectivity index (χ1n) is 8.02. The van der Waals surface area contributed by atoms with Gasteiger partial charge >= 0.3 is 5.97 Å². The molecule has 1 aliphatic rings. The van der Waals surface area contributed by atoms with Gasteiger partial charge in [0.15, 0.2) is 0 Å². The van der Waals surface area contributed by atoms with Gasteiger partial charge in [-0.3, -0.25) is 9.59 Å². The summed E-state index contributed by atoms with van der Waals surface area (Å²) >= 11 is 0. The fraction of sp³-hybridized carbons (Fsp3) is 0.471. The molecule has 1 aliphatic heterocycles. The first-order chi connectivity index (χ1) is 11.6. The number of amides is 2. The second kappa shape index (κ2) is 9.02. The van der Waals surface area contributed by atoms with Gasteiger partial charge in [0.2, 0.25) is 11.8 Å². The molecule has 24 heavy (non-hydrogen) atoms. The number of ether oxygens (including phenoxy) is 2. The molecule has 1 fully saturated rings. The number of benzene rings is 1. The van der Waals surface area contributed by atoms with Crippen molar-refractivity contribution in [2.75, 3.05) is 31.7 Å². The van der Waals surface area contributed by atoms with Crippen LogP contribution in [-0.4, -0.2) is 44.1 Å². The lowest BCUT2D eigenvalue weighted by molar-refractivity contribution is -0.129. The molecular formula is C17H22N2O5. The predicted octanol–water partition coefficient (Wildman–Crippen LogP) is 1.34. The summed E-state index contributed by atoms with van der Waals surface area (Å²) in [4.78, 5) is 35.4. The van der Waals surface area contributed by atoms with Crippen molar-refractivity contribution in [3.05, 3.63) is 29.8 Å². The lowest BCUT2D eigenvalue weighted by atomic mass is 9.99. The van der Waals surface area contributed by atoms with Crippen molar-refractivity contribution in [1.82, 2.24) is 5.32 Å². The number of hydrogen-bond donors (Lipinski definition) is 2. The number of carbonyl (C=O) groups is 3. The quantitative estimate of drug-likeness (QED) is 0.766. The van der Waals surface area contributed by atoms with Crippen LogP contribution in [0, 0.1) is 5.92 Å². The van der Waals surface area contributed by atoms with Gasteiger partial charge in [-0.05, 0) is 44.0 Å². The first-order valence-corrected chi connectivity index (χ1v) is 8.02. The third-order valence-corrected chi connectivity index (χ3v) is 3.70. The lowest BCUT2D eigenvalue weighted by Crippen LogP contribution is -2.38. The van der Waals surface area contributed by atoms with E-state index in [2.05, 4.69) is 10.6 Å². The number of carbonyl (C=O) groups excluding carboxylic acids is 3. The molecule has 2 amide bonds. The molecule has 0 aliphatic carbocycles. The summed E-state index contributed by atoms with van der Waals surface area (Å²) in [5.74, 6) is -0.931. The van der Waals surface area contributed by atoms with Crippen LogP contribution in [0.15, 0.2) is 24.3 Å². The van der Waals surface area contributed by atoms with E-state index in [0.29, 0.717) is 43.9 Å². The summed E-state index contributed by atoms with van der Waals surface area (Å²) in [7, 11) is 0. The zero-order valence-corrected chi connectivity index (χ0v) is 13.7. The Morgan fingerprint density at radius 3 is 2.46 bits per heavy atom. The van der Waals surface area contributed by atoms with E-state index in [1.165, 1.54) is 0 Å². The molecule has 1 aromatic rings. The highest BCUT2D eigenvalue weighted by Crippen LogP contribution is 2.14. The molecule has 2 N–H and O–H groups in total. The molecule has 7 nitrogen and oxygen atoms in total. The molecule has 0 bridgehead atoms. The molecule has 2 rings (SSSR count). The topological polar surface area (TPSA) is 93.7 Å². The molecule has 0 unspecified atom stereocenters. The monoisotopic (exact) mass is 334 g/mol. The summed E-state index contributed by atoms with van der Waals surface area (Å²) in [5.41, 5.74) is 0.969. The summed E-state index contributed by atoms with van der Waals surface area (Å²) < 4.78 is 10.1. The highest BCUT2D eigenvalue weighted by Gasteiger charge is 2.21. The van der Waals surface area contributed by atoms with Gasteiger partial charge in [0.25, 0.3) is 0 Å². The maximum atomic E-state index is 11.9. The maximum Gasteiger partial charge on any atom is 0.338 e. The average Bonchev–Trinajstić information content (AvgIpc) is 2.61. The largest absolute Gasteiger partial charge is 0.462 e. The predicted molar refractivity (Wildman–Crippen MR) is 87.6 cm³/mol. The number of nitrogens with one attached hydrogen (secondary N) is 2. The van der Waals surface area contributed by atoms with Gasteiger partial charge in [-0.2, -0.15) is 0 Å². The Bertz CT molecular complexity index is 579. The SMILES string of the molecule is CCOC(=O)c1ccc(NC(=O)CNC(=O)C2CCOCC2)cc1. The van der Waals surface area contributed by atoms with Crippen LogP contribution in [0.2, 0.25) is 0 Å². The highest BCUT2D eigenvalue weighted by atomic mass is 16.5. The van der Waals surface area contributed by atoms with Gasteiger partial charge in [-0.1, -0.05) is 0 Å². The molecule has 130 valence electrons. The molecule has 0 saturated carbocycles. The van der Waals surface area contributed by atoms with Crippen molar-refractivity contribution < 1.29 is 23.9 Å². The summed E-state index contributed by atoms with van der Waals surface area (Å²) in [6.45, 7) is 3.12. The first kappa shape index (κ1) is 17.9. The molecule has 1 heterocycles. The van der Waals surface area contributed by atoms with Gasteiger partial charge in [-0.15, -0.1) is 0 Å². The Morgan fingerprint density at radius 1 is 1.17 bits per heavy atom. The van der Waals surface area contributed by atoms with Gasteiger partial charge in [0.1, 0.15) is 0 Å². The maximum absolute atomic E-state index is 11.9. The number of hydrogen-bond acceptors (Lipinski definition) is 5. The van der Waals surface area contributed by atoms with E-state index < -0.39 is 5.97 Å². The van der Waals surface area contributed by atoms with E-state index in [9.17, 15) is 14.4 Å². The minimum absolute atomic E-state index is 0.0875. The van der Waals surface area contributed by atoms with E-state index >= 15 is 0 Å². The van der Waals surface area contributed by atoms with Crippen molar-refractivity contribution in [3.8, 4) is 0 Å². The van der Waals surface area contributed by atoms with Crippen molar-refractivity contribution in [2.24, 2.45) is 5.92 Å². The van der Waals surface area contributed by atoms with Gasteiger partial charge in [0.05, 0.1) is 18.7 Å². The number of rotatable bonds is 6. The molecule has 0 aromatic heterocycles. The molecule has 0 atom stereocenters. The third kappa shape index (κ3) is 5.34. The molecule has 0 radical (unpaired) electrons. The van der Waals surface area contributed by atoms with Crippen LogP contribution in [0.4, 0.5) is 5.69 Å². The van der Waals surface area contributed by atoms with E-state index in [-0.39, 0.29) is 24.3 Å². The minimum atomic E-state index is -0.404. The normalized spacial score (nSPS) is 14.7. The third-order valence-electron chi connectivity index (χ3n) is 3.70. The minimum Gasteiger partial charge on any atom is -0.462 e. The summed E-state index contributed by atoms with van der Waals surface area (Å²) in [6, 6.07) is 6.39. The Balaban J connectivity index is 1.77. The van der Waals surface area contributed by atoms with Crippen LogP contribution in [0.3, 0.4) is 0 Å². The van der Waals surface area contributed by atoms with Gasteiger partial charge in [-0.25, -0.2) is 4.79 Å². The van der Waals surface area contributed by atoms with Crippen LogP contribution < -0.4 is 10.6 Å². The smallest absolute Gasteiger partial charge is 0.338 e.